The molecular formula is C16H34O3Si2. The van der Waals surface area contributed by atoms with Crippen molar-refractivity contribution in [3.8, 4) is 0 Å². The fourth-order valence-electron chi connectivity index (χ4n) is 3.57. The van der Waals surface area contributed by atoms with Gasteiger partial charge < -0.3 is 14.2 Å². The van der Waals surface area contributed by atoms with Gasteiger partial charge in [0.15, 0.2) is 0 Å². The maximum Gasteiger partial charge on any atom is 0.110 e. The Bertz CT molecular complexity index is 291. The Morgan fingerprint density at radius 2 is 1.29 bits per heavy atom. The summed E-state index contributed by atoms with van der Waals surface area (Å²) in [5.74, 6) is 0. The zero-order chi connectivity index (χ0) is 15.3. The molecule has 2 fully saturated rings. The first-order chi connectivity index (χ1) is 10.2. The summed E-state index contributed by atoms with van der Waals surface area (Å²) in [4.78, 5) is 0. The first-order valence-electron chi connectivity index (χ1n) is 9.09. The van der Waals surface area contributed by atoms with Gasteiger partial charge in [0.1, 0.15) is 12.2 Å². The van der Waals surface area contributed by atoms with E-state index >= 15 is 0 Å². The van der Waals surface area contributed by atoms with Crippen LogP contribution in [0.15, 0.2) is 0 Å². The van der Waals surface area contributed by atoms with Gasteiger partial charge in [0.05, 0.1) is 24.4 Å². The fourth-order valence-corrected chi connectivity index (χ4v) is 4.28. The SMILES string of the molecule is CCC(CCC[SiH3])(OC(CC)(CCC[SiH3])C1CO1)C1CO1. The standard InChI is InChI=1S/C16H34O3Si2/c1-3-15(7-5-9-20,13-11-17-13)19-16(4-2,8-6-10-21)14-12-18-14/h13-14H,3-12H2,1-2,20-21H3. The molecule has 4 atom stereocenters. The van der Waals surface area contributed by atoms with Crippen molar-refractivity contribution in [2.75, 3.05) is 13.2 Å². The summed E-state index contributed by atoms with van der Waals surface area (Å²) in [6, 6.07) is 2.72. The monoisotopic (exact) mass is 330 g/mol. The smallest absolute Gasteiger partial charge is 0.110 e. The van der Waals surface area contributed by atoms with Gasteiger partial charge >= 0.3 is 0 Å². The van der Waals surface area contributed by atoms with Crippen LogP contribution in [0.5, 0.6) is 0 Å². The van der Waals surface area contributed by atoms with Crippen LogP contribution in [0.1, 0.15) is 52.4 Å². The number of ether oxygens (including phenoxy) is 3. The van der Waals surface area contributed by atoms with Crippen LogP contribution in [0.2, 0.25) is 12.1 Å². The van der Waals surface area contributed by atoms with Crippen LogP contribution >= 0.6 is 0 Å². The van der Waals surface area contributed by atoms with Crippen molar-refractivity contribution >= 4 is 20.5 Å². The van der Waals surface area contributed by atoms with E-state index in [2.05, 4.69) is 13.8 Å². The number of hydrogen-bond acceptors (Lipinski definition) is 3. The van der Waals surface area contributed by atoms with Crippen molar-refractivity contribution in [3.05, 3.63) is 0 Å². The molecule has 3 nitrogen and oxygen atoms in total. The zero-order valence-corrected chi connectivity index (χ0v) is 18.5. The summed E-state index contributed by atoms with van der Waals surface area (Å²) in [5.41, 5.74) is -0.116. The molecule has 2 aliphatic heterocycles. The molecular weight excluding hydrogens is 296 g/mol. The lowest BCUT2D eigenvalue weighted by Crippen LogP contribution is -2.50. The van der Waals surface area contributed by atoms with E-state index in [-0.39, 0.29) is 11.2 Å². The summed E-state index contributed by atoms with van der Waals surface area (Å²) in [6.45, 7) is 6.33. The van der Waals surface area contributed by atoms with Crippen molar-refractivity contribution in [1.29, 1.82) is 0 Å². The molecule has 0 aliphatic carbocycles. The topological polar surface area (TPSA) is 34.3 Å². The highest BCUT2D eigenvalue weighted by Crippen LogP contribution is 2.45. The van der Waals surface area contributed by atoms with Crippen molar-refractivity contribution in [2.45, 2.75) is 87.9 Å². The zero-order valence-electron chi connectivity index (χ0n) is 14.5. The highest BCUT2D eigenvalue weighted by atomic mass is 28.1. The molecule has 21 heavy (non-hydrogen) atoms. The van der Waals surface area contributed by atoms with Gasteiger partial charge in [-0.1, -0.05) is 38.8 Å². The third-order valence-electron chi connectivity index (χ3n) is 5.35. The average molecular weight is 331 g/mol. The van der Waals surface area contributed by atoms with Crippen LogP contribution in [-0.2, 0) is 14.2 Å². The quantitative estimate of drug-likeness (QED) is 0.399. The molecule has 2 heterocycles. The second-order valence-corrected chi connectivity index (χ2v) is 8.79. The minimum Gasteiger partial charge on any atom is -0.370 e. The predicted octanol–water partition coefficient (Wildman–Crippen LogP) is 1.23. The third-order valence-corrected chi connectivity index (χ3v) is 6.76. The van der Waals surface area contributed by atoms with E-state index in [1.165, 1.54) is 45.4 Å². The number of rotatable bonds is 12. The number of hydrogen-bond donors (Lipinski definition) is 0. The molecule has 0 bridgehead atoms. The van der Waals surface area contributed by atoms with Gasteiger partial charge in [-0.3, -0.25) is 0 Å². The van der Waals surface area contributed by atoms with Crippen LogP contribution in [0.3, 0.4) is 0 Å². The Hall–Kier alpha value is 0.314. The first kappa shape index (κ1) is 17.7. The van der Waals surface area contributed by atoms with E-state index in [0.717, 1.165) is 38.9 Å². The maximum absolute atomic E-state index is 6.96. The molecule has 0 aromatic carbocycles. The lowest BCUT2D eigenvalue weighted by atomic mass is 9.85. The average Bonchev–Trinajstić information content (AvgIpc) is 3.38. The van der Waals surface area contributed by atoms with Gasteiger partial charge in [-0.25, -0.2) is 0 Å². The normalized spacial score (nSPS) is 30.0. The highest BCUT2D eigenvalue weighted by molar-refractivity contribution is 6.08. The number of epoxide rings is 2. The Kier molecular flexibility index (Phi) is 6.50. The lowest BCUT2D eigenvalue weighted by Gasteiger charge is -2.43. The Labute approximate surface area is 136 Å². The molecule has 0 saturated carbocycles. The summed E-state index contributed by atoms with van der Waals surface area (Å²) < 4.78 is 18.4. The van der Waals surface area contributed by atoms with Gasteiger partial charge in [0, 0.05) is 20.5 Å². The van der Waals surface area contributed by atoms with Gasteiger partial charge in [-0.2, -0.15) is 0 Å². The maximum atomic E-state index is 6.96. The molecule has 0 radical (unpaired) electrons. The van der Waals surface area contributed by atoms with E-state index in [4.69, 9.17) is 14.2 Å². The largest absolute Gasteiger partial charge is 0.370 e. The van der Waals surface area contributed by atoms with Crippen LogP contribution in [0.25, 0.3) is 0 Å². The summed E-state index contributed by atoms with van der Waals surface area (Å²) >= 11 is 0. The highest BCUT2D eigenvalue weighted by Gasteiger charge is 2.55. The van der Waals surface area contributed by atoms with E-state index in [1.807, 2.05) is 0 Å². The molecule has 124 valence electrons. The predicted molar refractivity (Wildman–Crippen MR) is 94.6 cm³/mol. The van der Waals surface area contributed by atoms with Crippen LogP contribution < -0.4 is 0 Å². The van der Waals surface area contributed by atoms with E-state index in [0.29, 0.717) is 12.2 Å². The molecule has 5 heteroatoms. The minimum atomic E-state index is -0.0580. The Balaban J connectivity index is 2.13. The second kappa shape index (κ2) is 7.73. The van der Waals surface area contributed by atoms with Crippen LogP contribution in [0.4, 0.5) is 0 Å². The molecule has 0 spiro atoms. The molecule has 0 aromatic heterocycles. The Morgan fingerprint density at radius 3 is 1.52 bits per heavy atom. The van der Waals surface area contributed by atoms with Gasteiger partial charge in [-0.05, 0) is 25.7 Å². The molecule has 2 rings (SSSR count). The third kappa shape index (κ3) is 4.19. The first-order valence-corrected chi connectivity index (χ1v) is 11.9. The Morgan fingerprint density at radius 1 is 0.905 bits per heavy atom. The van der Waals surface area contributed by atoms with E-state index in [1.54, 1.807) is 0 Å². The molecule has 0 aromatic rings. The molecule has 0 N–H and O–H groups in total. The molecule has 0 amide bonds. The van der Waals surface area contributed by atoms with Gasteiger partial charge in [0.2, 0.25) is 0 Å². The van der Waals surface area contributed by atoms with Gasteiger partial charge in [-0.15, -0.1) is 0 Å². The lowest BCUT2D eigenvalue weighted by molar-refractivity contribution is -0.186. The molecule has 2 aliphatic rings. The van der Waals surface area contributed by atoms with Crippen molar-refractivity contribution in [2.24, 2.45) is 0 Å². The van der Waals surface area contributed by atoms with Gasteiger partial charge in [0.25, 0.3) is 0 Å². The van der Waals surface area contributed by atoms with Crippen molar-refractivity contribution in [3.63, 3.8) is 0 Å². The minimum absolute atomic E-state index is 0.0580. The van der Waals surface area contributed by atoms with Crippen molar-refractivity contribution < 1.29 is 14.2 Å². The second-order valence-electron chi connectivity index (χ2n) is 6.79. The van der Waals surface area contributed by atoms with E-state index in [9.17, 15) is 0 Å². The van der Waals surface area contributed by atoms with Crippen LogP contribution in [-0.4, -0.2) is 57.1 Å². The summed E-state index contributed by atoms with van der Waals surface area (Å²) in [7, 11) is 2.58. The molecule has 2 saturated heterocycles. The molecule has 4 unspecified atom stereocenters. The van der Waals surface area contributed by atoms with Crippen molar-refractivity contribution in [1.82, 2.24) is 0 Å². The summed E-state index contributed by atoms with van der Waals surface area (Å²) in [6.07, 6.45) is 7.67. The van der Waals surface area contributed by atoms with E-state index < -0.39 is 0 Å². The fraction of sp³-hybridized carbons (Fsp3) is 1.00. The summed E-state index contributed by atoms with van der Waals surface area (Å²) in [5, 5.41) is 0. The van der Waals surface area contributed by atoms with Crippen LogP contribution in [0, 0.1) is 0 Å².